The van der Waals surface area contributed by atoms with E-state index < -0.39 is 0 Å². The van der Waals surface area contributed by atoms with E-state index in [4.69, 9.17) is 4.98 Å². The van der Waals surface area contributed by atoms with Crippen molar-refractivity contribution in [1.29, 1.82) is 0 Å². The summed E-state index contributed by atoms with van der Waals surface area (Å²) in [7, 11) is 0. The van der Waals surface area contributed by atoms with Crippen molar-refractivity contribution in [3.63, 3.8) is 0 Å². The van der Waals surface area contributed by atoms with Crippen molar-refractivity contribution < 1.29 is 4.79 Å². The number of piperazine rings is 1. The first-order valence-electron chi connectivity index (χ1n) is 11.3. The molecule has 1 amide bonds. The van der Waals surface area contributed by atoms with Crippen molar-refractivity contribution in [2.24, 2.45) is 0 Å². The fraction of sp³-hybridized carbons (Fsp3) is 0.400. The van der Waals surface area contributed by atoms with Gasteiger partial charge in [0.15, 0.2) is 5.16 Å². The van der Waals surface area contributed by atoms with Crippen LogP contribution >= 0.6 is 11.8 Å². The minimum Gasteiger partial charge on any atom is -0.339 e. The highest BCUT2D eigenvalue weighted by Crippen LogP contribution is 2.26. The normalized spacial score (nSPS) is 15.8. The smallest absolute Gasteiger partial charge is 0.266 e. The molecular weight excluding hydrogens is 420 g/mol. The first-order valence-corrected chi connectivity index (χ1v) is 12.2. The Morgan fingerprint density at radius 3 is 2.38 bits per heavy atom. The molecule has 0 spiro atoms. The van der Waals surface area contributed by atoms with Crippen molar-refractivity contribution in [3.05, 3.63) is 64.4 Å². The lowest BCUT2D eigenvalue weighted by Crippen LogP contribution is -2.50. The molecule has 168 valence electrons. The van der Waals surface area contributed by atoms with Crippen molar-refractivity contribution in [3.8, 4) is 5.69 Å². The minimum absolute atomic E-state index is 0.0982. The zero-order chi connectivity index (χ0) is 22.7. The maximum atomic E-state index is 13.4. The minimum atomic E-state index is -0.336. The van der Waals surface area contributed by atoms with Crippen molar-refractivity contribution in [2.45, 2.75) is 37.6 Å². The molecule has 32 heavy (non-hydrogen) atoms. The molecular formula is C25H30N4O2S. The summed E-state index contributed by atoms with van der Waals surface area (Å²) in [6.45, 7) is 10.5. The lowest BCUT2D eigenvalue weighted by Gasteiger charge is -2.35. The molecule has 0 radical (unpaired) electrons. The average molecular weight is 451 g/mol. The molecule has 6 nitrogen and oxygen atoms in total. The number of nitrogens with zero attached hydrogens (tertiary/aromatic N) is 4. The van der Waals surface area contributed by atoms with Crippen LogP contribution in [0.15, 0.2) is 58.5 Å². The van der Waals surface area contributed by atoms with Crippen LogP contribution in [0.2, 0.25) is 0 Å². The van der Waals surface area contributed by atoms with Gasteiger partial charge in [-0.15, -0.1) is 0 Å². The molecule has 3 aromatic rings. The maximum Gasteiger partial charge on any atom is 0.266 e. The molecule has 1 fully saturated rings. The number of fused-ring (bicyclic) bond motifs is 1. The third-order valence-electron chi connectivity index (χ3n) is 6.11. The highest BCUT2D eigenvalue weighted by Gasteiger charge is 2.27. The van der Waals surface area contributed by atoms with E-state index in [1.807, 2.05) is 54.3 Å². The largest absolute Gasteiger partial charge is 0.339 e. The van der Waals surface area contributed by atoms with Crippen LogP contribution < -0.4 is 5.56 Å². The molecule has 0 aliphatic carbocycles. The predicted molar refractivity (Wildman–Crippen MR) is 131 cm³/mol. The van der Waals surface area contributed by atoms with Gasteiger partial charge in [0.1, 0.15) is 0 Å². The summed E-state index contributed by atoms with van der Waals surface area (Å²) in [4.78, 5) is 35.7. The van der Waals surface area contributed by atoms with Crippen LogP contribution in [0.4, 0.5) is 0 Å². The second kappa shape index (κ2) is 9.88. The van der Waals surface area contributed by atoms with E-state index in [9.17, 15) is 9.59 Å². The fourth-order valence-electron chi connectivity index (χ4n) is 4.05. The van der Waals surface area contributed by atoms with Gasteiger partial charge in [0.25, 0.3) is 5.56 Å². The van der Waals surface area contributed by atoms with Crippen molar-refractivity contribution in [1.82, 2.24) is 19.4 Å². The molecule has 1 aromatic heterocycles. The van der Waals surface area contributed by atoms with Crippen LogP contribution in [0, 0.1) is 0 Å². The van der Waals surface area contributed by atoms with Gasteiger partial charge in [0.05, 0.1) is 21.8 Å². The van der Waals surface area contributed by atoms with E-state index in [-0.39, 0.29) is 16.7 Å². The van der Waals surface area contributed by atoms with Gasteiger partial charge in [0.2, 0.25) is 5.91 Å². The van der Waals surface area contributed by atoms with Crippen LogP contribution in [0.5, 0.6) is 0 Å². The number of benzene rings is 2. The van der Waals surface area contributed by atoms with Gasteiger partial charge in [-0.3, -0.25) is 14.2 Å². The summed E-state index contributed by atoms with van der Waals surface area (Å²) < 4.78 is 1.64. The molecule has 7 heteroatoms. The monoisotopic (exact) mass is 450 g/mol. The molecule has 0 bridgehead atoms. The Labute approximate surface area is 193 Å². The van der Waals surface area contributed by atoms with Crippen LogP contribution in [-0.4, -0.2) is 63.2 Å². The van der Waals surface area contributed by atoms with E-state index in [1.165, 1.54) is 17.3 Å². The van der Waals surface area contributed by atoms with Gasteiger partial charge in [-0.25, -0.2) is 4.98 Å². The standard InChI is InChI=1S/C25H30N4O2S/c1-4-19-10-12-20(13-11-19)29-24(31)21-8-6-7-9-22(21)26-25(29)32-18(3)23(30)28-16-14-27(5-2)15-17-28/h6-13,18H,4-5,14-17H2,1-3H3. The van der Waals surface area contributed by atoms with Gasteiger partial charge >= 0.3 is 0 Å². The molecule has 0 N–H and O–H groups in total. The fourth-order valence-corrected chi connectivity index (χ4v) is 5.06. The number of para-hydroxylation sites is 1. The number of hydrogen-bond acceptors (Lipinski definition) is 5. The van der Waals surface area contributed by atoms with E-state index >= 15 is 0 Å². The SMILES string of the molecule is CCc1ccc(-n2c(SC(C)C(=O)N3CCN(CC)CC3)nc3ccccc3c2=O)cc1. The Bertz CT molecular complexity index is 1150. The zero-order valence-electron chi connectivity index (χ0n) is 19.0. The number of likely N-dealkylation sites (N-methyl/N-ethyl adjacent to an activating group) is 1. The number of rotatable bonds is 6. The van der Waals surface area contributed by atoms with E-state index in [2.05, 4.69) is 18.7 Å². The molecule has 1 aliphatic rings. The Balaban J connectivity index is 1.67. The summed E-state index contributed by atoms with van der Waals surface area (Å²) >= 11 is 1.36. The van der Waals surface area contributed by atoms with E-state index in [0.29, 0.717) is 16.1 Å². The molecule has 4 rings (SSSR count). The lowest BCUT2D eigenvalue weighted by molar-refractivity contribution is -0.132. The number of thioether (sulfide) groups is 1. The van der Waals surface area contributed by atoms with Crippen LogP contribution in [-0.2, 0) is 11.2 Å². The second-order valence-electron chi connectivity index (χ2n) is 8.09. The van der Waals surface area contributed by atoms with Crippen molar-refractivity contribution >= 4 is 28.6 Å². The van der Waals surface area contributed by atoms with Crippen LogP contribution in [0.25, 0.3) is 16.6 Å². The highest BCUT2D eigenvalue weighted by atomic mass is 32.2. The third-order valence-corrected chi connectivity index (χ3v) is 7.15. The van der Waals surface area contributed by atoms with Gasteiger partial charge in [0, 0.05) is 26.2 Å². The number of hydrogen-bond donors (Lipinski definition) is 0. The quantitative estimate of drug-likeness (QED) is 0.424. The summed E-state index contributed by atoms with van der Waals surface area (Å²) in [5, 5.41) is 0.787. The second-order valence-corrected chi connectivity index (χ2v) is 9.40. The Morgan fingerprint density at radius 1 is 1.03 bits per heavy atom. The first-order chi connectivity index (χ1) is 15.5. The summed E-state index contributed by atoms with van der Waals surface area (Å²) in [6.07, 6.45) is 0.934. The number of aromatic nitrogens is 2. The number of aryl methyl sites for hydroxylation is 1. The topological polar surface area (TPSA) is 58.4 Å². The highest BCUT2D eigenvalue weighted by molar-refractivity contribution is 8.00. The molecule has 1 saturated heterocycles. The Morgan fingerprint density at radius 2 is 1.72 bits per heavy atom. The molecule has 0 saturated carbocycles. The van der Waals surface area contributed by atoms with Gasteiger partial charge in [-0.1, -0.05) is 49.9 Å². The average Bonchev–Trinajstić information content (AvgIpc) is 2.84. The third kappa shape index (κ3) is 4.59. The van der Waals surface area contributed by atoms with Crippen LogP contribution in [0.1, 0.15) is 26.3 Å². The number of carbonyl (C=O) groups is 1. The summed E-state index contributed by atoms with van der Waals surface area (Å²) in [5.41, 5.74) is 2.51. The maximum absolute atomic E-state index is 13.4. The molecule has 2 aromatic carbocycles. The van der Waals surface area contributed by atoms with Gasteiger partial charge < -0.3 is 9.80 Å². The van der Waals surface area contributed by atoms with E-state index in [0.717, 1.165) is 44.8 Å². The lowest BCUT2D eigenvalue weighted by atomic mass is 10.1. The molecule has 1 atom stereocenters. The number of carbonyl (C=O) groups excluding carboxylic acids is 1. The first kappa shape index (κ1) is 22.6. The molecule has 1 aliphatic heterocycles. The molecule has 2 heterocycles. The van der Waals surface area contributed by atoms with Gasteiger partial charge in [-0.2, -0.15) is 0 Å². The van der Waals surface area contributed by atoms with E-state index in [1.54, 1.807) is 10.6 Å². The predicted octanol–water partition coefficient (Wildman–Crippen LogP) is 3.59. The Hall–Kier alpha value is -2.64. The Kier molecular flexibility index (Phi) is 6.96. The summed E-state index contributed by atoms with van der Waals surface area (Å²) in [5.74, 6) is 0.0982. The molecule has 1 unspecified atom stereocenters. The number of amides is 1. The zero-order valence-corrected chi connectivity index (χ0v) is 19.8. The van der Waals surface area contributed by atoms with Crippen molar-refractivity contribution in [2.75, 3.05) is 32.7 Å². The summed E-state index contributed by atoms with van der Waals surface area (Å²) in [6, 6.07) is 15.4. The van der Waals surface area contributed by atoms with Gasteiger partial charge in [-0.05, 0) is 49.7 Å². The van der Waals surface area contributed by atoms with Crippen LogP contribution in [0.3, 0.4) is 0 Å².